The number of carbonyl (C=O) groups is 2. The van der Waals surface area contributed by atoms with E-state index in [1.807, 2.05) is 44.2 Å². The third-order valence-corrected chi connectivity index (χ3v) is 5.26. The summed E-state index contributed by atoms with van der Waals surface area (Å²) in [4.78, 5) is 25.1. The number of aryl methyl sites for hydroxylation is 3. The maximum atomic E-state index is 12.7. The van der Waals surface area contributed by atoms with Crippen molar-refractivity contribution in [2.75, 3.05) is 6.54 Å². The number of hydrogen-bond acceptors (Lipinski definition) is 5. The van der Waals surface area contributed by atoms with Crippen LogP contribution in [0.25, 0.3) is 0 Å². The number of nitrogens with zero attached hydrogens (tertiary/aromatic N) is 1. The minimum atomic E-state index is -0.763. The first kappa shape index (κ1) is 24.4. The molecule has 7 heteroatoms. The van der Waals surface area contributed by atoms with Gasteiger partial charge in [0.05, 0.1) is 18.1 Å². The van der Waals surface area contributed by atoms with Gasteiger partial charge in [0.2, 0.25) is 11.8 Å². The Morgan fingerprint density at radius 2 is 1.71 bits per heavy atom. The monoisotopic (exact) mass is 426 g/mol. The van der Waals surface area contributed by atoms with Gasteiger partial charge in [-0.3, -0.25) is 14.6 Å². The molecule has 0 saturated carbocycles. The number of carbonyl (C=O) groups excluding carboxylic acids is 2. The molecule has 168 valence electrons. The Morgan fingerprint density at radius 3 is 2.29 bits per heavy atom. The fourth-order valence-corrected chi connectivity index (χ4v) is 3.62. The van der Waals surface area contributed by atoms with E-state index in [0.29, 0.717) is 19.3 Å². The number of aromatic hydroxyl groups is 1. The molecular formula is C24H34N4O3. The molecule has 31 heavy (non-hydrogen) atoms. The largest absolute Gasteiger partial charge is 0.508 e. The maximum absolute atomic E-state index is 12.7. The van der Waals surface area contributed by atoms with Crippen LogP contribution >= 0.6 is 0 Å². The molecule has 0 spiro atoms. The minimum absolute atomic E-state index is 0.163. The summed E-state index contributed by atoms with van der Waals surface area (Å²) in [5, 5.41) is 13.7. The molecule has 0 saturated heterocycles. The van der Waals surface area contributed by atoms with E-state index in [9.17, 15) is 14.7 Å². The summed E-state index contributed by atoms with van der Waals surface area (Å²) in [5.74, 6) is 5.66. The van der Waals surface area contributed by atoms with E-state index in [1.165, 1.54) is 0 Å². The highest BCUT2D eigenvalue weighted by Gasteiger charge is 2.27. The molecule has 0 fully saturated rings. The third kappa shape index (κ3) is 7.38. The number of hydrogen-bond donors (Lipinski definition) is 4. The summed E-state index contributed by atoms with van der Waals surface area (Å²) < 4.78 is 0. The van der Waals surface area contributed by atoms with Crippen molar-refractivity contribution in [3.8, 4) is 5.75 Å². The maximum Gasteiger partial charge on any atom is 0.237 e. The highest BCUT2D eigenvalue weighted by Crippen LogP contribution is 2.22. The van der Waals surface area contributed by atoms with Crippen LogP contribution in [0.3, 0.4) is 0 Å². The van der Waals surface area contributed by atoms with Gasteiger partial charge in [0.25, 0.3) is 0 Å². The molecule has 0 unspecified atom stereocenters. The van der Waals surface area contributed by atoms with E-state index >= 15 is 0 Å². The molecular weight excluding hydrogens is 392 g/mol. The Balaban J connectivity index is 1.90. The lowest BCUT2D eigenvalue weighted by molar-refractivity contribution is -0.133. The number of phenolic OH excluding ortho intramolecular Hbond substituents is 1. The Labute approximate surface area is 184 Å². The zero-order chi connectivity index (χ0) is 23.2. The van der Waals surface area contributed by atoms with E-state index in [4.69, 9.17) is 11.6 Å². The average Bonchev–Trinajstić information content (AvgIpc) is 2.68. The summed E-state index contributed by atoms with van der Waals surface area (Å²) in [7, 11) is 0. The molecule has 2 rings (SSSR count). The van der Waals surface area contributed by atoms with E-state index in [2.05, 4.69) is 5.32 Å². The number of benzene rings is 2. The number of hydrazine groups is 1. The average molecular weight is 427 g/mol. The lowest BCUT2D eigenvalue weighted by Crippen LogP contribution is -2.58. The fraction of sp³-hybridized carbons (Fsp3) is 0.417. The first-order chi connectivity index (χ1) is 14.5. The first-order valence-corrected chi connectivity index (χ1v) is 10.4. The van der Waals surface area contributed by atoms with Gasteiger partial charge in [0.15, 0.2) is 0 Å². The third-order valence-electron chi connectivity index (χ3n) is 5.26. The number of rotatable bonds is 9. The number of phenols is 1. The number of amides is 2. The zero-order valence-electron chi connectivity index (χ0n) is 18.8. The van der Waals surface area contributed by atoms with Crippen molar-refractivity contribution in [1.29, 1.82) is 0 Å². The Morgan fingerprint density at radius 1 is 1.13 bits per heavy atom. The van der Waals surface area contributed by atoms with Crippen molar-refractivity contribution >= 4 is 11.8 Å². The lowest BCUT2D eigenvalue weighted by atomic mass is 9.95. The highest BCUT2D eigenvalue weighted by molar-refractivity contribution is 5.83. The van der Waals surface area contributed by atoms with Crippen LogP contribution in [0.5, 0.6) is 5.75 Å². The predicted molar refractivity (Wildman–Crippen MR) is 122 cm³/mol. The van der Waals surface area contributed by atoms with Crippen molar-refractivity contribution in [3.05, 3.63) is 64.7 Å². The number of nitrogens with one attached hydrogen (secondary N) is 1. The van der Waals surface area contributed by atoms with Gasteiger partial charge < -0.3 is 16.2 Å². The van der Waals surface area contributed by atoms with Crippen molar-refractivity contribution < 1.29 is 14.7 Å². The minimum Gasteiger partial charge on any atom is -0.508 e. The van der Waals surface area contributed by atoms with Crippen molar-refractivity contribution in [3.63, 3.8) is 0 Å². The van der Waals surface area contributed by atoms with Crippen LogP contribution in [0, 0.1) is 13.8 Å². The van der Waals surface area contributed by atoms with Crippen molar-refractivity contribution in [2.45, 2.75) is 58.5 Å². The van der Waals surface area contributed by atoms with Crippen LogP contribution in [0.4, 0.5) is 0 Å². The first-order valence-electron chi connectivity index (χ1n) is 10.4. The van der Waals surface area contributed by atoms with E-state index < -0.39 is 11.6 Å². The molecule has 1 atom stereocenters. The Hall–Kier alpha value is -2.90. The SMILES string of the molecule is Cc1cc(O)cc(C)c1C[C@H](N)C(=O)NC(C)(C)CN(N)C(=O)CCc1ccccc1. The van der Waals surface area contributed by atoms with Gasteiger partial charge >= 0.3 is 0 Å². The Bertz CT molecular complexity index is 889. The number of nitrogens with two attached hydrogens (primary N) is 2. The lowest BCUT2D eigenvalue weighted by Gasteiger charge is -2.32. The molecule has 2 amide bonds. The van der Waals surface area contributed by atoms with Gasteiger partial charge in [-0.25, -0.2) is 5.84 Å². The van der Waals surface area contributed by atoms with E-state index in [1.54, 1.807) is 26.0 Å². The van der Waals surface area contributed by atoms with Gasteiger partial charge in [0, 0.05) is 6.42 Å². The molecule has 7 nitrogen and oxygen atoms in total. The highest BCUT2D eigenvalue weighted by atomic mass is 16.3. The summed E-state index contributed by atoms with van der Waals surface area (Å²) in [6.45, 7) is 7.53. The van der Waals surface area contributed by atoms with Gasteiger partial charge in [-0.2, -0.15) is 0 Å². The van der Waals surface area contributed by atoms with Gasteiger partial charge in [-0.1, -0.05) is 30.3 Å². The second kappa shape index (κ2) is 10.4. The van der Waals surface area contributed by atoms with Gasteiger partial charge in [-0.15, -0.1) is 0 Å². The molecule has 0 aliphatic rings. The van der Waals surface area contributed by atoms with Crippen LogP contribution < -0.4 is 16.9 Å². The molecule has 0 bridgehead atoms. The van der Waals surface area contributed by atoms with Crippen molar-refractivity contribution in [2.24, 2.45) is 11.6 Å². The second-order valence-electron chi connectivity index (χ2n) is 8.75. The summed E-state index contributed by atoms with van der Waals surface area (Å²) in [5.41, 5.74) is 9.19. The quantitative estimate of drug-likeness (QED) is 0.278. The van der Waals surface area contributed by atoms with E-state index in [0.717, 1.165) is 27.3 Å². The molecule has 0 radical (unpaired) electrons. The second-order valence-corrected chi connectivity index (χ2v) is 8.75. The summed E-state index contributed by atoms with van der Waals surface area (Å²) >= 11 is 0. The molecule has 2 aromatic rings. The topological polar surface area (TPSA) is 122 Å². The zero-order valence-corrected chi connectivity index (χ0v) is 18.8. The smallest absolute Gasteiger partial charge is 0.237 e. The predicted octanol–water partition coefficient (Wildman–Crippen LogP) is 2.11. The fourth-order valence-electron chi connectivity index (χ4n) is 3.62. The molecule has 2 aromatic carbocycles. The normalized spacial score (nSPS) is 12.3. The van der Waals surface area contributed by atoms with Crippen LogP contribution in [-0.2, 0) is 22.4 Å². The summed E-state index contributed by atoms with van der Waals surface area (Å²) in [6, 6.07) is 12.3. The standard InChI is InChI=1S/C24H34N4O3/c1-16-12-19(29)13-17(2)20(16)14-21(25)23(31)27-24(3,4)15-28(26)22(30)11-10-18-8-6-5-7-9-18/h5-9,12-13,21,29H,10-11,14-15,25-26H2,1-4H3,(H,27,31)/t21-/m0/s1. The van der Waals surface area contributed by atoms with Gasteiger partial charge in [-0.05, 0) is 74.9 Å². The van der Waals surface area contributed by atoms with Crippen LogP contribution in [0.2, 0.25) is 0 Å². The molecule has 6 N–H and O–H groups in total. The Kier molecular flexibility index (Phi) is 8.19. The molecule has 0 aliphatic carbocycles. The van der Waals surface area contributed by atoms with Crippen LogP contribution in [0.1, 0.15) is 42.5 Å². The van der Waals surface area contributed by atoms with Crippen LogP contribution in [0.15, 0.2) is 42.5 Å². The molecule has 0 aliphatic heterocycles. The van der Waals surface area contributed by atoms with Crippen molar-refractivity contribution in [1.82, 2.24) is 10.3 Å². The van der Waals surface area contributed by atoms with Crippen LogP contribution in [-0.4, -0.2) is 40.1 Å². The van der Waals surface area contributed by atoms with Gasteiger partial charge in [0.1, 0.15) is 5.75 Å². The van der Waals surface area contributed by atoms with E-state index in [-0.39, 0.29) is 24.1 Å². The molecule has 0 aromatic heterocycles. The molecule has 0 heterocycles. The summed E-state index contributed by atoms with van der Waals surface area (Å²) in [6.07, 6.45) is 1.25.